The van der Waals surface area contributed by atoms with Gasteiger partial charge in [-0.05, 0) is 41.5 Å². The normalized spacial score (nSPS) is 22.8. The summed E-state index contributed by atoms with van der Waals surface area (Å²) >= 11 is 0. The van der Waals surface area contributed by atoms with Crippen LogP contribution in [0.2, 0.25) is 0 Å². The Morgan fingerprint density at radius 1 is 0.844 bits per heavy atom. The van der Waals surface area contributed by atoms with Crippen molar-refractivity contribution in [3.8, 4) is 22.6 Å². The molecule has 1 unspecified atom stereocenters. The highest BCUT2D eigenvalue weighted by Gasteiger charge is 2.56. The third kappa shape index (κ3) is 3.37. The van der Waals surface area contributed by atoms with E-state index in [9.17, 15) is 8.42 Å². The van der Waals surface area contributed by atoms with E-state index in [2.05, 4.69) is 29.6 Å². The highest BCUT2D eigenvalue weighted by Crippen LogP contribution is 2.46. The first-order valence-corrected chi connectivity index (χ1v) is 12.1. The number of nitrogens with zero attached hydrogens (tertiary/aromatic N) is 1. The maximum Gasteiger partial charge on any atom is 0.243 e. The van der Waals surface area contributed by atoms with Crippen molar-refractivity contribution >= 4 is 10.0 Å². The van der Waals surface area contributed by atoms with Crippen molar-refractivity contribution in [2.24, 2.45) is 0 Å². The molecule has 2 saturated heterocycles. The summed E-state index contributed by atoms with van der Waals surface area (Å²) in [5, 5.41) is 3.37. The molecule has 0 radical (unpaired) electrons. The highest BCUT2D eigenvalue weighted by atomic mass is 32.2. The molecule has 3 aromatic rings. The number of fused-ring (bicyclic) bond motifs is 2. The van der Waals surface area contributed by atoms with Crippen LogP contribution < -0.4 is 14.8 Å². The molecule has 0 amide bonds. The van der Waals surface area contributed by atoms with E-state index in [4.69, 9.17) is 9.47 Å². The summed E-state index contributed by atoms with van der Waals surface area (Å²) < 4.78 is 39.1. The van der Waals surface area contributed by atoms with E-state index in [1.165, 1.54) is 5.56 Å². The molecule has 2 aliphatic heterocycles. The molecule has 3 aromatic carbocycles. The van der Waals surface area contributed by atoms with Crippen LogP contribution in [0.5, 0.6) is 11.5 Å². The Hall–Kier alpha value is -2.87. The zero-order valence-electron chi connectivity index (χ0n) is 18.1. The molecule has 2 bridgehead atoms. The molecular formula is C25H26N2O4S. The SMILES string of the molecule is COc1ccc(S(=O)(=O)N2[C@@H]3CNC[C@H]2C3c2ccc(-c3ccccc3OC)cc2)cc1. The summed E-state index contributed by atoms with van der Waals surface area (Å²) in [6.07, 6.45) is 0. The molecule has 7 heteroatoms. The van der Waals surface area contributed by atoms with Crippen LogP contribution in [0.3, 0.4) is 0 Å². The number of sulfonamides is 1. The lowest BCUT2D eigenvalue weighted by atomic mass is 9.74. The van der Waals surface area contributed by atoms with Crippen LogP contribution >= 0.6 is 0 Å². The molecular weight excluding hydrogens is 424 g/mol. The zero-order chi connectivity index (χ0) is 22.3. The number of nitrogens with one attached hydrogen (secondary N) is 1. The Bertz CT molecular complexity index is 1200. The number of ether oxygens (including phenoxy) is 2. The van der Waals surface area contributed by atoms with Gasteiger partial charge in [0.2, 0.25) is 10.0 Å². The van der Waals surface area contributed by atoms with Gasteiger partial charge in [-0.15, -0.1) is 0 Å². The zero-order valence-corrected chi connectivity index (χ0v) is 18.9. The number of para-hydroxylation sites is 1. The van der Waals surface area contributed by atoms with Gasteiger partial charge < -0.3 is 14.8 Å². The quantitative estimate of drug-likeness (QED) is 0.623. The Kier molecular flexibility index (Phi) is 5.41. The molecule has 2 aliphatic rings. The smallest absolute Gasteiger partial charge is 0.243 e. The number of hydrogen-bond donors (Lipinski definition) is 1. The second kappa shape index (κ2) is 8.24. The standard InChI is InChI=1S/C25H26N2O4S/c1-30-19-11-13-20(14-12-19)32(28,29)27-22-15-26-16-23(27)25(22)18-9-7-17(8-10-18)21-5-3-4-6-24(21)31-2/h3-14,22-23,25-26H,15-16H2,1-2H3/t22-,23+,25?. The number of methoxy groups -OCH3 is 2. The van der Waals surface area contributed by atoms with Gasteiger partial charge >= 0.3 is 0 Å². The average molecular weight is 451 g/mol. The van der Waals surface area contributed by atoms with Gasteiger partial charge in [0, 0.05) is 36.7 Å². The van der Waals surface area contributed by atoms with Gasteiger partial charge in [-0.1, -0.05) is 42.5 Å². The lowest BCUT2D eigenvalue weighted by molar-refractivity contribution is 0.0370. The van der Waals surface area contributed by atoms with Crippen LogP contribution in [0.1, 0.15) is 11.5 Å². The first kappa shape index (κ1) is 21.0. The van der Waals surface area contributed by atoms with E-state index in [0.717, 1.165) is 16.9 Å². The van der Waals surface area contributed by atoms with Gasteiger partial charge in [0.25, 0.3) is 0 Å². The van der Waals surface area contributed by atoms with E-state index < -0.39 is 10.0 Å². The highest BCUT2D eigenvalue weighted by molar-refractivity contribution is 7.89. The van der Waals surface area contributed by atoms with Gasteiger partial charge in [0.1, 0.15) is 11.5 Å². The molecule has 5 rings (SSSR count). The molecule has 3 atom stereocenters. The molecule has 32 heavy (non-hydrogen) atoms. The fraction of sp³-hybridized carbons (Fsp3) is 0.280. The van der Waals surface area contributed by atoms with E-state index in [1.807, 2.05) is 24.3 Å². The maximum atomic E-state index is 13.4. The molecule has 0 spiro atoms. The van der Waals surface area contributed by atoms with Crippen LogP contribution in [-0.2, 0) is 10.0 Å². The third-order valence-electron chi connectivity index (χ3n) is 6.54. The van der Waals surface area contributed by atoms with E-state index in [0.29, 0.717) is 23.7 Å². The van der Waals surface area contributed by atoms with Crippen molar-refractivity contribution in [2.45, 2.75) is 22.9 Å². The fourth-order valence-electron chi connectivity index (χ4n) is 4.97. The molecule has 0 aromatic heterocycles. The van der Waals surface area contributed by atoms with Crippen molar-refractivity contribution in [1.82, 2.24) is 9.62 Å². The molecule has 0 saturated carbocycles. The van der Waals surface area contributed by atoms with Crippen molar-refractivity contribution in [3.05, 3.63) is 78.4 Å². The van der Waals surface area contributed by atoms with Gasteiger partial charge in [-0.2, -0.15) is 4.31 Å². The molecule has 2 fully saturated rings. The van der Waals surface area contributed by atoms with Gasteiger partial charge in [0.05, 0.1) is 19.1 Å². The Balaban J connectivity index is 1.40. The number of benzene rings is 3. The van der Waals surface area contributed by atoms with Crippen LogP contribution in [0, 0.1) is 0 Å². The molecule has 2 heterocycles. The lowest BCUT2D eigenvalue weighted by Crippen LogP contribution is -2.73. The number of rotatable bonds is 6. The summed E-state index contributed by atoms with van der Waals surface area (Å²) in [5.41, 5.74) is 3.29. The van der Waals surface area contributed by atoms with Crippen molar-refractivity contribution in [2.75, 3.05) is 27.3 Å². The predicted molar refractivity (Wildman–Crippen MR) is 124 cm³/mol. The Morgan fingerprint density at radius 3 is 2.12 bits per heavy atom. The fourth-order valence-corrected chi connectivity index (χ4v) is 6.82. The first-order valence-electron chi connectivity index (χ1n) is 10.7. The maximum absolute atomic E-state index is 13.4. The summed E-state index contributed by atoms with van der Waals surface area (Å²) in [7, 11) is -0.324. The van der Waals surface area contributed by atoms with Crippen LogP contribution in [-0.4, -0.2) is 52.1 Å². The van der Waals surface area contributed by atoms with Gasteiger partial charge in [-0.25, -0.2) is 8.42 Å². The second-order valence-electron chi connectivity index (χ2n) is 8.15. The average Bonchev–Trinajstić information content (AvgIpc) is 2.84. The minimum absolute atomic E-state index is 0.0991. The van der Waals surface area contributed by atoms with E-state index in [1.54, 1.807) is 42.8 Å². The minimum Gasteiger partial charge on any atom is -0.497 e. The summed E-state index contributed by atoms with van der Waals surface area (Å²) in [5.74, 6) is 1.65. The summed E-state index contributed by atoms with van der Waals surface area (Å²) in [4.78, 5) is 0.306. The monoisotopic (exact) mass is 450 g/mol. The van der Waals surface area contributed by atoms with Crippen molar-refractivity contribution < 1.29 is 17.9 Å². The molecule has 166 valence electrons. The van der Waals surface area contributed by atoms with Crippen LogP contribution in [0.25, 0.3) is 11.1 Å². The van der Waals surface area contributed by atoms with E-state index >= 15 is 0 Å². The Labute approximate surface area is 188 Å². The minimum atomic E-state index is -3.57. The summed E-state index contributed by atoms with van der Waals surface area (Å²) in [6.45, 7) is 1.29. The van der Waals surface area contributed by atoms with Crippen molar-refractivity contribution in [3.63, 3.8) is 0 Å². The third-order valence-corrected chi connectivity index (χ3v) is 8.50. The topological polar surface area (TPSA) is 67.9 Å². The first-order chi connectivity index (χ1) is 15.5. The van der Waals surface area contributed by atoms with Crippen LogP contribution in [0.15, 0.2) is 77.7 Å². The largest absolute Gasteiger partial charge is 0.497 e. The Morgan fingerprint density at radius 2 is 1.50 bits per heavy atom. The summed E-state index contributed by atoms with van der Waals surface area (Å²) in [6, 6.07) is 22.8. The van der Waals surface area contributed by atoms with E-state index in [-0.39, 0.29) is 18.0 Å². The molecule has 1 N–H and O–H groups in total. The number of hydrogen-bond acceptors (Lipinski definition) is 5. The second-order valence-corrected chi connectivity index (χ2v) is 9.99. The lowest BCUT2D eigenvalue weighted by Gasteiger charge is -2.57. The number of piperidine rings is 1. The van der Waals surface area contributed by atoms with Gasteiger partial charge in [-0.3, -0.25) is 0 Å². The van der Waals surface area contributed by atoms with Crippen LogP contribution in [0.4, 0.5) is 0 Å². The molecule has 0 aliphatic carbocycles. The predicted octanol–water partition coefficient (Wildman–Crippen LogP) is 3.50. The van der Waals surface area contributed by atoms with Crippen molar-refractivity contribution in [1.29, 1.82) is 0 Å². The van der Waals surface area contributed by atoms with Gasteiger partial charge in [0.15, 0.2) is 0 Å². The molecule has 6 nitrogen and oxygen atoms in total. The number of piperazine rings is 1.